The van der Waals surface area contributed by atoms with Gasteiger partial charge in [0.05, 0.1) is 12.8 Å². The van der Waals surface area contributed by atoms with Crippen molar-refractivity contribution in [3.63, 3.8) is 0 Å². The molecule has 0 N–H and O–H groups in total. The van der Waals surface area contributed by atoms with Gasteiger partial charge in [-0.05, 0) is 24.3 Å². The number of benzene rings is 1. The lowest BCUT2D eigenvalue weighted by Gasteiger charge is -2.12. The third-order valence-electron chi connectivity index (χ3n) is 2.94. The maximum absolute atomic E-state index is 12.0. The summed E-state index contributed by atoms with van der Waals surface area (Å²) in [7, 11) is 1.65. The van der Waals surface area contributed by atoms with Crippen molar-refractivity contribution in [1.29, 1.82) is 0 Å². The number of aromatic nitrogens is 2. The second-order valence-electron chi connectivity index (χ2n) is 4.51. The summed E-state index contributed by atoms with van der Waals surface area (Å²) in [5, 5.41) is 7.94. The number of hydrogen-bond acceptors (Lipinski definition) is 5. The maximum atomic E-state index is 12.0. The quantitative estimate of drug-likeness (QED) is 0.736. The molecule has 2 aromatic heterocycles. The van der Waals surface area contributed by atoms with Crippen molar-refractivity contribution in [2.45, 2.75) is 6.54 Å². The first kappa shape index (κ1) is 13.1. The van der Waals surface area contributed by atoms with Crippen LogP contribution in [-0.4, -0.2) is 28.1 Å². The van der Waals surface area contributed by atoms with Crippen LogP contribution in [0.4, 0.5) is 0 Å². The summed E-state index contributed by atoms with van der Waals surface area (Å²) in [6.45, 7) is 0.222. The highest BCUT2D eigenvalue weighted by Gasteiger charge is 2.17. The van der Waals surface area contributed by atoms with E-state index in [1.54, 1.807) is 19.2 Å². The fourth-order valence-electron chi connectivity index (χ4n) is 1.88. The van der Waals surface area contributed by atoms with Crippen molar-refractivity contribution in [2.24, 2.45) is 0 Å². The van der Waals surface area contributed by atoms with Crippen LogP contribution >= 0.6 is 0 Å². The number of hydrogen-bond donors (Lipinski definition) is 0. The molecule has 0 atom stereocenters. The lowest BCUT2D eigenvalue weighted by Crippen LogP contribution is -2.25. The van der Waals surface area contributed by atoms with Crippen molar-refractivity contribution < 1.29 is 13.6 Å². The van der Waals surface area contributed by atoms with Gasteiger partial charge in [0, 0.05) is 12.6 Å². The fraction of sp³-hybridized carbons (Fsp3) is 0.133. The molecule has 0 saturated heterocycles. The summed E-state index contributed by atoms with van der Waals surface area (Å²) in [6.07, 6.45) is 1.46. The maximum Gasteiger partial charge on any atom is 0.289 e. The summed E-state index contributed by atoms with van der Waals surface area (Å²) in [5.41, 5.74) is 0.844. The lowest BCUT2D eigenvalue weighted by atomic mass is 10.2. The normalized spacial score (nSPS) is 10.5. The van der Waals surface area contributed by atoms with Gasteiger partial charge in [-0.3, -0.25) is 4.79 Å². The van der Waals surface area contributed by atoms with E-state index in [2.05, 4.69) is 10.2 Å². The van der Waals surface area contributed by atoms with Crippen LogP contribution in [0.15, 0.2) is 57.6 Å². The fourth-order valence-corrected chi connectivity index (χ4v) is 1.88. The minimum atomic E-state index is -0.237. The number of carbonyl (C=O) groups is 1. The van der Waals surface area contributed by atoms with Gasteiger partial charge in [-0.2, -0.15) is 0 Å². The predicted molar refractivity (Wildman–Crippen MR) is 74.2 cm³/mol. The van der Waals surface area contributed by atoms with Crippen LogP contribution in [0.3, 0.4) is 0 Å². The monoisotopic (exact) mass is 283 g/mol. The molecule has 6 heteroatoms. The summed E-state index contributed by atoms with van der Waals surface area (Å²) in [6, 6.07) is 12.8. The third kappa shape index (κ3) is 2.84. The Morgan fingerprint density at radius 2 is 1.95 bits per heavy atom. The molecule has 0 aliphatic carbocycles. The van der Waals surface area contributed by atoms with E-state index in [9.17, 15) is 4.79 Å². The zero-order valence-corrected chi connectivity index (χ0v) is 11.4. The molecule has 0 radical (unpaired) electrons. The van der Waals surface area contributed by atoms with Crippen molar-refractivity contribution in [1.82, 2.24) is 15.1 Å². The van der Waals surface area contributed by atoms with Gasteiger partial charge < -0.3 is 13.7 Å². The van der Waals surface area contributed by atoms with E-state index >= 15 is 0 Å². The van der Waals surface area contributed by atoms with Gasteiger partial charge in [-0.25, -0.2) is 0 Å². The first-order valence-electron chi connectivity index (χ1n) is 6.41. The van der Waals surface area contributed by atoms with Gasteiger partial charge in [0.2, 0.25) is 11.8 Å². The number of amides is 1. The Kier molecular flexibility index (Phi) is 3.51. The summed E-state index contributed by atoms with van der Waals surface area (Å²) >= 11 is 0. The molecule has 0 spiro atoms. The highest BCUT2D eigenvalue weighted by Crippen LogP contribution is 2.17. The first-order chi connectivity index (χ1) is 10.2. The average molecular weight is 283 g/mol. The Hall–Kier alpha value is -2.89. The van der Waals surface area contributed by atoms with E-state index < -0.39 is 0 Å². The predicted octanol–water partition coefficient (Wildman–Crippen LogP) is 2.60. The summed E-state index contributed by atoms with van der Waals surface area (Å²) in [5.74, 6) is 0.848. The van der Waals surface area contributed by atoms with Crippen molar-refractivity contribution in [3.8, 4) is 11.5 Å². The highest BCUT2D eigenvalue weighted by atomic mass is 16.4. The largest absolute Gasteiger partial charge is 0.459 e. The lowest BCUT2D eigenvalue weighted by molar-refractivity contribution is 0.0741. The van der Waals surface area contributed by atoms with Gasteiger partial charge in [0.15, 0.2) is 5.76 Å². The molecular weight excluding hydrogens is 270 g/mol. The van der Waals surface area contributed by atoms with Crippen LogP contribution in [0.1, 0.15) is 16.4 Å². The van der Waals surface area contributed by atoms with E-state index in [-0.39, 0.29) is 18.2 Å². The Labute approximate surface area is 121 Å². The number of nitrogens with zero attached hydrogens (tertiary/aromatic N) is 3. The minimum Gasteiger partial charge on any atom is -0.459 e. The smallest absolute Gasteiger partial charge is 0.289 e. The zero-order valence-electron chi connectivity index (χ0n) is 11.4. The molecule has 1 amide bonds. The summed E-state index contributed by atoms with van der Waals surface area (Å²) < 4.78 is 10.6. The second-order valence-corrected chi connectivity index (χ2v) is 4.51. The zero-order chi connectivity index (χ0) is 14.7. The molecule has 1 aromatic carbocycles. The molecule has 0 bridgehead atoms. The van der Waals surface area contributed by atoms with E-state index in [4.69, 9.17) is 8.83 Å². The Morgan fingerprint density at radius 3 is 2.67 bits per heavy atom. The third-order valence-corrected chi connectivity index (χ3v) is 2.94. The van der Waals surface area contributed by atoms with Gasteiger partial charge in [-0.15, -0.1) is 10.2 Å². The van der Waals surface area contributed by atoms with Crippen LogP contribution in [-0.2, 0) is 6.54 Å². The van der Waals surface area contributed by atoms with Gasteiger partial charge in [0.1, 0.15) is 0 Å². The molecule has 0 saturated carbocycles. The Balaban J connectivity index is 1.71. The average Bonchev–Trinajstić information content (AvgIpc) is 3.19. The molecule has 0 aliphatic rings. The van der Waals surface area contributed by atoms with Crippen molar-refractivity contribution in [3.05, 3.63) is 60.4 Å². The highest BCUT2D eigenvalue weighted by molar-refractivity contribution is 5.91. The van der Waals surface area contributed by atoms with Crippen molar-refractivity contribution in [2.75, 3.05) is 7.05 Å². The van der Waals surface area contributed by atoms with Crippen molar-refractivity contribution >= 4 is 5.91 Å². The number of furan rings is 1. The topological polar surface area (TPSA) is 72.4 Å². The molecular formula is C15H13N3O3. The molecule has 21 heavy (non-hydrogen) atoms. The van der Waals surface area contributed by atoms with E-state index in [0.717, 1.165) is 5.56 Å². The van der Waals surface area contributed by atoms with Crippen LogP contribution in [0.25, 0.3) is 11.5 Å². The molecule has 3 aromatic rings. The van der Waals surface area contributed by atoms with Gasteiger partial charge >= 0.3 is 0 Å². The van der Waals surface area contributed by atoms with Crippen LogP contribution in [0.5, 0.6) is 0 Å². The van der Waals surface area contributed by atoms with E-state index in [1.807, 2.05) is 30.3 Å². The SMILES string of the molecule is CN(Cc1nnc(-c2ccccc2)o1)C(=O)c1ccco1. The van der Waals surface area contributed by atoms with Gasteiger partial charge in [0.25, 0.3) is 5.91 Å². The standard InChI is InChI=1S/C15H13N3O3/c1-18(15(19)12-8-5-9-20-12)10-13-16-17-14(21-13)11-6-3-2-4-7-11/h2-9H,10H2,1H3. The molecule has 6 nitrogen and oxygen atoms in total. The Morgan fingerprint density at radius 1 is 1.14 bits per heavy atom. The summed E-state index contributed by atoms with van der Waals surface area (Å²) in [4.78, 5) is 13.5. The second kappa shape index (κ2) is 5.62. The Bertz CT molecular complexity index is 720. The molecule has 3 rings (SSSR count). The van der Waals surface area contributed by atoms with E-state index in [0.29, 0.717) is 11.8 Å². The molecule has 0 fully saturated rings. The van der Waals surface area contributed by atoms with E-state index in [1.165, 1.54) is 11.2 Å². The van der Waals surface area contributed by atoms with Crippen LogP contribution in [0, 0.1) is 0 Å². The van der Waals surface area contributed by atoms with Crippen LogP contribution in [0.2, 0.25) is 0 Å². The van der Waals surface area contributed by atoms with Gasteiger partial charge in [-0.1, -0.05) is 18.2 Å². The molecule has 106 valence electrons. The minimum absolute atomic E-state index is 0.222. The molecule has 2 heterocycles. The van der Waals surface area contributed by atoms with Crippen LogP contribution < -0.4 is 0 Å². The first-order valence-corrected chi connectivity index (χ1v) is 6.41. The molecule has 0 unspecified atom stereocenters. The molecule has 0 aliphatic heterocycles. The number of carbonyl (C=O) groups excluding carboxylic acids is 1. The number of rotatable bonds is 4.